The standard InChI is InChI=1S/C32H61NO15/c1-2-3-4-5-6-7-32(37)48-27-26-46-25-24-45-23-22-44-21-20-43-19-18-42-17-16-41-15-14-40-13-12-39-11-10-38-9-8-33-30(34)28-47-29-31(35)36/h2-29H2,1H3,(H,33,34)(H,35,36). The summed E-state index contributed by atoms with van der Waals surface area (Å²) in [4.78, 5) is 33.2. The van der Waals surface area contributed by atoms with Crippen molar-refractivity contribution in [3.63, 3.8) is 0 Å². The van der Waals surface area contributed by atoms with Crippen LogP contribution in [-0.2, 0) is 66.5 Å². The largest absolute Gasteiger partial charge is 0.480 e. The number of carbonyl (C=O) groups excluding carboxylic acids is 2. The summed E-state index contributed by atoms with van der Waals surface area (Å²) >= 11 is 0. The van der Waals surface area contributed by atoms with Gasteiger partial charge in [0.1, 0.15) is 19.8 Å². The minimum Gasteiger partial charge on any atom is -0.480 e. The number of rotatable bonds is 40. The van der Waals surface area contributed by atoms with Crippen molar-refractivity contribution >= 4 is 17.8 Å². The molecule has 0 saturated carbocycles. The Morgan fingerprint density at radius 2 is 0.833 bits per heavy atom. The molecule has 0 aliphatic heterocycles. The number of esters is 1. The Hall–Kier alpha value is -1.99. The van der Waals surface area contributed by atoms with Gasteiger partial charge in [0.05, 0.1) is 119 Å². The number of aliphatic carboxylic acids is 1. The van der Waals surface area contributed by atoms with Crippen molar-refractivity contribution in [1.82, 2.24) is 5.32 Å². The van der Waals surface area contributed by atoms with Gasteiger partial charge in [-0.2, -0.15) is 0 Å². The maximum Gasteiger partial charge on any atom is 0.329 e. The Morgan fingerprint density at radius 1 is 0.458 bits per heavy atom. The van der Waals surface area contributed by atoms with Gasteiger partial charge in [-0.25, -0.2) is 4.79 Å². The molecular formula is C32H61NO15. The molecule has 0 heterocycles. The molecule has 0 atom stereocenters. The molecule has 0 spiro atoms. The van der Waals surface area contributed by atoms with Crippen molar-refractivity contribution in [2.45, 2.75) is 45.4 Å². The third kappa shape index (κ3) is 40.2. The first-order valence-corrected chi connectivity index (χ1v) is 17.0. The molecule has 0 radical (unpaired) electrons. The van der Waals surface area contributed by atoms with Crippen molar-refractivity contribution in [3.8, 4) is 0 Å². The average Bonchev–Trinajstić information content (AvgIpc) is 3.07. The molecule has 0 unspecified atom stereocenters. The quantitative estimate of drug-likeness (QED) is 0.0688. The number of carboxylic acid groups (broad SMARTS) is 1. The first-order valence-electron chi connectivity index (χ1n) is 17.0. The molecule has 16 nitrogen and oxygen atoms in total. The van der Waals surface area contributed by atoms with Crippen LogP contribution < -0.4 is 5.32 Å². The number of hydrogen-bond acceptors (Lipinski definition) is 14. The Balaban J connectivity index is 3.13. The topological polar surface area (TPSA) is 185 Å². The molecule has 0 aliphatic rings. The Labute approximate surface area is 285 Å². The highest BCUT2D eigenvalue weighted by atomic mass is 16.6. The van der Waals surface area contributed by atoms with E-state index in [4.69, 9.17) is 52.5 Å². The molecule has 284 valence electrons. The first-order chi connectivity index (χ1) is 23.6. The zero-order chi connectivity index (χ0) is 35.0. The van der Waals surface area contributed by atoms with E-state index in [9.17, 15) is 14.4 Å². The van der Waals surface area contributed by atoms with Crippen LogP contribution in [0.5, 0.6) is 0 Å². The minimum atomic E-state index is -1.13. The summed E-state index contributed by atoms with van der Waals surface area (Å²) in [6.07, 6.45) is 6.03. The van der Waals surface area contributed by atoms with Gasteiger partial charge >= 0.3 is 11.9 Å². The number of carbonyl (C=O) groups is 3. The lowest BCUT2D eigenvalue weighted by atomic mass is 10.1. The van der Waals surface area contributed by atoms with Gasteiger partial charge < -0.3 is 62.5 Å². The maximum absolute atomic E-state index is 11.6. The summed E-state index contributed by atoms with van der Waals surface area (Å²) in [5.74, 6) is -1.68. The highest BCUT2D eigenvalue weighted by Gasteiger charge is 2.04. The highest BCUT2D eigenvalue weighted by Crippen LogP contribution is 2.05. The Kier molecular flexibility index (Phi) is 37.8. The van der Waals surface area contributed by atoms with Crippen molar-refractivity contribution in [2.24, 2.45) is 0 Å². The molecule has 0 aliphatic carbocycles. The van der Waals surface area contributed by atoms with Gasteiger partial charge in [0, 0.05) is 13.0 Å². The van der Waals surface area contributed by atoms with Gasteiger partial charge in [0.15, 0.2) is 0 Å². The molecule has 0 aromatic heterocycles. The van der Waals surface area contributed by atoms with Crippen molar-refractivity contribution in [1.29, 1.82) is 0 Å². The van der Waals surface area contributed by atoms with E-state index in [0.717, 1.165) is 12.8 Å². The van der Waals surface area contributed by atoms with Crippen LogP contribution >= 0.6 is 0 Å². The van der Waals surface area contributed by atoms with E-state index in [1.165, 1.54) is 19.3 Å². The summed E-state index contributed by atoms with van der Waals surface area (Å²) in [5.41, 5.74) is 0. The minimum absolute atomic E-state index is 0.157. The zero-order valence-electron chi connectivity index (χ0n) is 29.0. The van der Waals surface area contributed by atoms with Crippen LogP contribution in [0.15, 0.2) is 0 Å². The van der Waals surface area contributed by atoms with Crippen LogP contribution in [0.1, 0.15) is 45.4 Å². The Morgan fingerprint density at radius 3 is 1.23 bits per heavy atom. The van der Waals surface area contributed by atoms with Gasteiger partial charge in [-0.05, 0) is 6.42 Å². The predicted octanol–water partition coefficient (Wildman–Crippen LogP) is 1.26. The average molecular weight is 700 g/mol. The number of ether oxygens (including phenoxy) is 11. The van der Waals surface area contributed by atoms with E-state index >= 15 is 0 Å². The molecule has 0 rings (SSSR count). The van der Waals surface area contributed by atoms with E-state index in [0.29, 0.717) is 132 Å². The number of amides is 1. The fraction of sp³-hybridized carbons (Fsp3) is 0.906. The number of unbranched alkanes of at least 4 members (excludes halogenated alkanes) is 4. The van der Waals surface area contributed by atoms with Crippen LogP contribution in [0.25, 0.3) is 0 Å². The van der Waals surface area contributed by atoms with Crippen LogP contribution in [0.4, 0.5) is 0 Å². The molecular weight excluding hydrogens is 638 g/mol. The number of hydrogen-bond donors (Lipinski definition) is 2. The fourth-order valence-electron chi connectivity index (χ4n) is 3.57. The van der Waals surface area contributed by atoms with Gasteiger partial charge in [-0.1, -0.05) is 32.6 Å². The van der Waals surface area contributed by atoms with Crippen LogP contribution in [0, 0.1) is 0 Å². The molecule has 48 heavy (non-hydrogen) atoms. The molecule has 1 amide bonds. The van der Waals surface area contributed by atoms with E-state index in [2.05, 4.69) is 17.0 Å². The second-order valence-corrected chi connectivity index (χ2v) is 10.1. The fourth-order valence-corrected chi connectivity index (χ4v) is 3.57. The van der Waals surface area contributed by atoms with Crippen molar-refractivity contribution < 1.29 is 71.6 Å². The second kappa shape index (κ2) is 39.4. The molecule has 0 aromatic rings. The number of nitrogens with one attached hydrogen (secondary N) is 1. The van der Waals surface area contributed by atoms with Gasteiger partial charge in [-0.15, -0.1) is 0 Å². The third-order valence-corrected chi connectivity index (χ3v) is 5.98. The normalized spacial score (nSPS) is 11.2. The molecule has 0 bridgehead atoms. The number of carboxylic acids is 1. The van der Waals surface area contributed by atoms with Crippen molar-refractivity contribution in [2.75, 3.05) is 145 Å². The van der Waals surface area contributed by atoms with Crippen LogP contribution in [0.2, 0.25) is 0 Å². The lowest BCUT2D eigenvalue weighted by Crippen LogP contribution is -2.31. The first kappa shape index (κ1) is 46.0. The zero-order valence-corrected chi connectivity index (χ0v) is 29.0. The van der Waals surface area contributed by atoms with E-state index < -0.39 is 18.5 Å². The van der Waals surface area contributed by atoms with Crippen LogP contribution in [0.3, 0.4) is 0 Å². The predicted molar refractivity (Wildman–Crippen MR) is 173 cm³/mol. The lowest BCUT2D eigenvalue weighted by molar-refractivity contribution is -0.146. The Bertz CT molecular complexity index is 717. The van der Waals surface area contributed by atoms with Gasteiger partial charge in [0.25, 0.3) is 0 Å². The summed E-state index contributed by atoms with van der Waals surface area (Å²) < 4.78 is 58.6. The van der Waals surface area contributed by atoms with Gasteiger partial charge in [-0.3, -0.25) is 9.59 Å². The summed E-state index contributed by atoms with van der Waals surface area (Å²) in [5, 5.41) is 11.0. The smallest absolute Gasteiger partial charge is 0.329 e. The highest BCUT2D eigenvalue weighted by molar-refractivity contribution is 5.77. The summed E-state index contributed by atoms with van der Waals surface area (Å²) in [7, 11) is 0. The third-order valence-electron chi connectivity index (χ3n) is 5.98. The van der Waals surface area contributed by atoms with Gasteiger partial charge in [0.2, 0.25) is 5.91 Å². The lowest BCUT2D eigenvalue weighted by Gasteiger charge is -2.09. The van der Waals surface area contributed by atoms with Crippen molar-refractivity contribution in [3.05, 3.63) is 0 Å². The molecule has 0 fully saturated rings. The maximum atomic E-state index is 11.6. The molecule has 2 N–H and O–H groups in total. The van der Waals surface area contributed by atoms with Crippen LogP contribution in [-0.4, -0.2) is 168 Å². The summed E-state index contributed by atoms with van der Waals surface area (Å²) in [6, 6.07) is 0. The summed E-state index contributed by atoms with van der Waals surface area (Å²) in [6.45, 7) is 9.84. The van der Waals surface area contributed by atoms with E-state index in [-0.39, 0.29) is 19.2 Å². The van der Waals surface area contributed by atoms with E-state index in [1.54, 1.807) is 0 Å². The monoisotopic (exact) mass is 699 g/mol. The molecule has 16 heteroatoms. The molecule has 0 aromatic carbocycles. The second-order valence-electron chi connectivity index (χ2n) is 10.1. The molecule has 0 saturated heterocycles. The van der Waals surface area contributed by atoms with E-state index in [1.807, 2.05) is 0 Å². The SMILES string of the molecule is CCCCCCCC(=O)OCCOCCOCCOCCOCCOCCOCCOCCOCCOCCNC(=O)COCC(=O)O.